The molecule has 6 heteroatoms. The molecule has 0 heterocycles. The maximum atomic E-state index is 11.8. The predicted molar refractivity (Wildman–Crippen MR) is 78.0 cm³/mol. The number of hydrogen-bond acceptors (Lipinski definition) is 5. The third-order valence-corrected chi connectivity index (χ3v) is 4.49. The molecule has 1 aromatic carbocycles. The standard InChI is InChI=1S/C14H21NO4S/c1-3-4-11-5-7-12(8-6-11)13(15)9-20(17,18)10-14(16)19-2/h5-8,13H,3-4,9-10,15H2,1-2H3. The van der Waals surface area contributed by atoms with Gasteiger partial charge in [-0.15, -0.1) is 0 Å². The first kappa shape index (κ1) is 16.7. The van der Waals surface area contributed by atoms with E-state index in [1.807, 2.05) is 24.3 Å². The summed E-state index contributed by atoms with van der Waals surface area (Å²) in [5, 5.41) is 0. The molecule has 0 amide bonds. The summed E-state index contributed by atoms with van der Waals surface area (Å²) in [6, 6.07) is 6.93. The Morgan fingerprint density at radius 2 is 1.90 bits per heavy atom. The van der Waals surface area contributed by atoms with Gasteiger partial charge < -0.3 is 10.5 Å². The van der Waals surface area contributed by atoms with Crippen molar-refractivity contribution in [1.29, 1.82) is 0 Å². The summed E-state index contributed by atoms with van der Waals surface area (Å²) in [5.41, 5.74) is 7.83. The molecule has 20 heavy (non-hydrogen) atoms. The van der Waals surface area contributed by atoms with E-state index in [1.165, 1.54) is 5.56 Å². The lowest BCUT2D eigenvalue weighted by molar-refractivity contribution is -0.137. The third kappa shape index (κ3) is 5.30. The Morgan fingerprint density at radius 1 is 1.30 bits per heavy atom. The maximum absolute atomic E-state index is 11.8. The fourth-order valence-corrected chi connectivity index (χ4v) is 3.22. The first-order chi connectivity index (χ1) is 9.38. The summed E-state index contributed by atoms with van der Waals surface area (Å²) in [5.74, 6) is -1.67. The Balaban J connectivity index is 2.70. The summed E-state index contributed by atoms with van der Waals surface area (Å²) in [7, 11) is -2.40. The summed E-state index contributed by atoms with van der Waals surface area (Å²) >= 11 is 0. The average Bonchev–Trinajstić information content (AvgIpc) is 2.38. The fourth-order valence-electron chi connectivity index (χ4n) is 1.89. The highest BCUT2D eigenvalue weighted by Gasteiger charge is 2.21. The van der Waals surface area contributed by atoms with E-state index in [0.717, 1.165) is 25.5 Å². The summed E-state index contributed by atoms with van der Waals surface area (Å²) < 4.78 is 27.9. The van der Waals surface area contributed by atoms with E-state index in [1.54, 1.807) is 0 Å². The number of carbonyl (C=O) groups excluding carboxylic acids is 1. The normalized spacial score (nSPS) is 12.9. The number of esters is 1. The maximum Gasteiger partial charge on any atom is 0.320 e. The molecule has 0 saturated heterocycles. The Morgan fingerprint density at radius 3 is 2.40 bits per heavy atom. The van der Waals surface area contributed by atoms with Gasteiger partial charge in [0.05, 0.1) is 12.9 Å². The van der Waals surface area contributed by atoms with Crippen molar-refractivity contribution in [3.63, 3.8) is 0 Å². The Bertz CT molecular complexity index is 537. The van der Waals surface area contributed by atoms with Crippen LogP contribution in [0.4, 0.5) is 0 Å². The van der Waals surface area contributed by atoms with E-state index in [0.29, 0.717) is 0 Å². The first-order valence-electron chi connectivity index (χ1n) is 6.49. The average molecular weight is 299 g/mol. The lowest BCUT2D eigenvalue weighted by atomic mass is 10.0. The number of methoxy groups -OCH3 is 1. The molecule has 112 valence electrons. The Hall–Kier alpha value is -1.40. The van der Waals surface area contributed by atoms with Crippen LogP contribution in [-0.4, -0.2) is 33.0 Å². The van der Waals surface area contributed by atoms with Crippen LogP contribution >= 0.6 is 0 Å². The molecule has 0 saturated carbocycles. The Kier molecular flexibility index (Phi) is 6.16. The van der Waals surface area contributed by atoms with Gasteiger partial charge in [0, 0.05) is 6.04 Å². The van der Waals surface area contributed by atoms with Crippen molar-refractivity contribution in [2.45, 2.75) is 25.8 Å². The van der Waals surface area contributed by atoms with Crippen LogP contribution in [0.25, 0.3) is 0 Å². The van der Waals surface area contributed by atoms with Gasteiger partial charge in [-0.25, -0.2) is 8.42 Å². The molecule has 0 aliphatic rings. The van der Waals surface area contributed by atoms with Gasteiger partial charge in [-0.3, -0.25) is 4.79 Å². The number of sulfone groups is 1. The molecule has 0 aliphatic heterocycles. The second-order valence-electron chi connectivity index (χ2n) is 4.73. The van der Waals surface area contributed by atoms with Crippen LogP contribution in [0.2, 0.25) is 0 Å². The van der Waals surface area contributed by atoms with Gasteiger partial charge in [0.1, 0.15) is 5.75 Å². The highest BCUT2D eigenvalue weighted by molar-refractivity contribution is 7.92. The van der Waals surface area contributed by atoms with Crippen LogP contribution in [0.3, 0.4) is 0 Å². The fraction of sp³-hybridized carbons (Fsp3) is 0.500. The van der Waals surface area contributed by atoms with Crippen LogP contribution in [0, 0.1) is 0 Å². The number of aryl methyl sites for hydroxylation is 1. The highest BCUT2D eigenvalue weighted by Crippen LogP contribution is 2.15. The molecule has 0 aliphatic carbocycles. The lowest BCUT2D eigenvalue weighted by Crippen LogP contribution is -2.27. The summed E-state index contributed by atoms with van der Waals surface area (Å²) in [4.78, 5) is 11.0. The van der Waals surface area contributed by atoms with Crippen molar-refractivity contribution in [3.05, 3.63) is 35.4 Å². The topological polar surface area (TPSA) is 86.5 Å². The molecule has 5 nitrogen and oxygen atoms in total. The van der Waals surface area contributed by atoms with Gasteiger partial charge in [-0.05, 0) is 17.5 Å². The number of benzene rings is 1. The van der Waals surface area contributed by atoms with Gasteiger partial charge in [-0.1, -0.05) is 37.6 Å². The molecule has 0 fully saturated rings. The van der Waals surface area contributed by atoms with Crippen molar-refractivity contribution in [2.75, 3.05) is 18.6 Å². The molecular weight excluding hydrogens is 278 g/mol. The highest BCUT2D eigenvalue weighted by atomic mass is 32.2. The molecule has 1 atom stereocenters. The van der Waals surface area contributed by atoms with Crippen LogP contribution in [-0.2, 0) is 25.8 Å². The summed E-state index contributed by atoms with van der Waals surface area (Å²) in [6.45, 7) is 2.10. The molecule has 1 aromatic rings. The minimum absolute atomic E-state index is 0.269. The molecule has 0 aromatic heterocycles. The number of nitrogens with two attached hydrogens (primary N) is 1. The predicted octanol–water partition coefficient (Wildman–Crippen LogP) is 1.23. The smallest absolute Gasteiger partial charge is 0.320 e. The summed E-state index contributed by atoms with van der Waals surface area (Å²) in [6.07, 6.45) is 2.04. The minimum atomic E-state index is -3.56. The van der Waals surface area contributed by atoms with Gasteiger partial charge in [0.25, 0.3) is 0 Å². The van der Waals surface area contributed by atoms with E-state index in [9.17, 15) is 13.2 Å². The van der Waals surface area contributed by atoms with Crippen LogP contribution in [0.15, 0.2) is 24.3 Å². The van der Waals surface area contributed by atoms with Crippen molar-refractivity contribution in [1.82, 2.24) is 0 Å². The second-order valence-corrected chi connectivity index (χ2v) is 6.84. The van der Waals surface area contributed by atoms with Crippen LogP contribution in [0.5, 0.6) is 0 Å². The van der Waals surface area contributed by atoms with Crippen molar-refractivity contribution in [2.24, 2.45) is 5.73 Å². The molecule has 1 rings (SSSR count). The van der Waals surface area contributed by atoms with Gasteiger partial charge in [0.15, 0.2) is 9.84 Å². The zero-order valence-electron chi connectivity index (χ0n) is 11.8. The largest absolute Gasteiger partial charge is 0.468 e. The zero-order valence-corrected chi connectivity index (χ0v) is 12.7. The number of ether oxygens (including phenoxy) is 1. The minimum Gasteiger partial charge on any atom is -0.468 e. The number of carbonyl (C=O) groups is 1. The molecule has 0 spiro atoms. The van der Waals surface area contributed by atoms with Gasteiger partial charge in [-0.2, -0.15) is 0 Å². The van der Waals surface area contributed by atoms with E-state index in [4.69, 9.17) is 5.73 Å². The molecule has 0 bridgehead atoms. The third-order valence-electron chi connectivity index (χ3n) is 2.95. The van der Waals surface area contributed by atoms with E-state index >= 15 is 0 Å². The Labute approximate surface area is 120 Å². The van der Waals surface area contributed by atoms with E-state index in [-0.39, 0.29) is 5.75 Å². The van der Waals surface area contributed by atoms with E-state index < -0.39 is 27.6 Å². The molecular formula is C14H21NO4S. The van der Waals surface area contributed by atoms with Crippen LogP contribution in [0.1, 0.15) is 30.5 Å². The first-order valence-corrected chi connectivity index (χ1v) is 8.31. The van der Waals surface area contributed by atoms with Crippen molar-refractivity contribution < 1.29 is 17.9 Å². The van der Waals surface area contributed by atoms with E-state index in [2.05, 4.69) is 11.7 Å². The van der Waals surface area contributed by atoms with Crippen molar-refractivity contribution in [3.8, 4) is 0 Å². The monoisotopic (exact) mass is 299 g/mol. The number of hydrogen-bond donors (Lipinski definition) is 1. The van der Waals surface area contributed by atoms with Crippen molar-refractivity contribution >= 4 is 15.8 Å². The molecule has 1 unspecified atom stereocenters. The lowest BCUT2D eigenvalue weighted by Gasteiger charge is -2.12. The second kappa shape index (κ2) is 7.40. The SMILES string of the molecule is CCCc1ccc(C(N)CS(=O)(=O)CC(=O)OC)cc1. The zero-order chi connectivity index (χ0) is 15.2. The quantitative estimate of drug-likeness (QED) is 0.765. The molecule has 0 radical (unpaired) electrons. The number of rotatable bonds is 7. The van der Waals surface area contributed by atoms with Gasteiger partial charge in [0.2, 0.25) is 0 Å². The van der Waals surface area contributed by atoms with Gasteiger partial charge >= 0.3 is 5.97 Å². The van der Waals surface area contributed by atoms with Crippen LogP contribution < -0.4 is 5.73 Å². The molecule has 2 N–H and O–H groups in total.